The number of carbonyl (C=O) groups is 1. The minimum Gasteiger partial charge on any atom is -0.478 e. The Labute approximate surface area is 108 Å². The Hall–Kier alpha value is -2.82. The van der Waals surface area contributed by atoms with Crippen molar-refractivity contribution in [2.24, 2.45) is 0 Å². The molecular weight excluding hydrogens is 244 g/mol. The molecule has 0 unspecified atom stereocenters. The molecular formula is C14H10N2O3. The fourth-order valence-electron chi connectivity index (χ4n) is 1.87. The molecule has 0 amide bonds. The number of hydrogen-bond acceptors (Lipinski definition) is 3. The lowest BCUT2D eigenvalue weighted by Crippen LogP contribution is -1.98. The van der Waals surface area contributed by atoms with Crippen molar-refractivity contribution in [3.63, 3.8) is 0 Å². The third-order valence-electron chi connectivity index (χ3n) is 2.80. The zero-order chi connectivity index (χ0) is 13.2. The number of nitrogens with zero attached hydrogens (tertiary/aromatic N) is 2. The van der Waals surface area contributed by atoms with E-state index in [0.717, 1.165) is 11.4 Å². The second-order valence-corrected chi connectivity index (χ2v) is 3.98. The van der Waals surface area contributed by atoms with Crippen molar-refractivity contribution in [1.29, 1.82) is 0 Å². The Morgan fingerprint density at radius 2 is 2.00 bits per heavy atom. The predicted octanol–water partition coefficient (Wildman–Crippen LogP) is 2.83. The van der Waals surface area contributed by atoms with Crippen molar-refractivity contribution >= 4 is 5.97 Å². The van der Waals surface area contributed by atoms with Crippen molar-refractivity contribution < 1.29 is 14.3 Å². The number of benzene rings is 1. The highest BCUT2D eigenvalue weighted by Gasteiger charge is 2.10. The van der Waals surface area contributed by atoms with Gasteiger partial charge in [0.05, 0.1) is 24.4 Å². The molecule has 3 rings (SSSR count). The number of rotatable bonds is 3. The third kappa shape index (κ3) is 2.01. The first-order valence-corrected chi connectivity index (χ1v) is 5.65. The van der Waals surface area contributed by atoms with E-state index in [0.29, 0.717) is 5.76 Å². The lowest BCUT2D eigenvalue weighted by Gasteiger charge is -2.06. The van der Waals surface area contributed by atoms with E-state index < -0.39 is 5.97 Å². The Morgan fingerprint density at radius 1 is 1.21 bits per heavy atom. The van der Waals surface area contributed by atoms with E-state index in [4.69, 9.17) is 9.52 Å². The van der Waals surface area contributed by atoms with Crippen LogP contribution in [0.3, 0.4) is 0 Å². The Kier molecular flexibility index (Phi) is 2.64. The average molecular weight is 254 g/mol. The summed E-state index contributed by atoms with van der Waals surface area (Å²) in [6, 6.07) is 10.2. The summed E-state index contributed by atoms with van der Waals surface area (Å²) in [6.07, 6.45) is 4.96. The quantitative estimate of drug-likeness (QED) is 0.780. The van der Waals surface area contributed by atoms with E-state index in [9.17, 15) is 4.79 Å². The van der Waals surface area contributed by atoms with Crippen LogP contribution in [-0.2, 0) is 0 Å². The molecule has 2 aromatic heterocycles. The lowest BCUT2D eigenvalue weighted by molar-refractivity contribution is 0.0697. The topological polar surface area (TPSA) is 68.3 Å². The lowest BCUT2D eigenvalue weighted by atomic mass is 10.2. The smallest absolute Gasteiger partial charge is 0.335 e. The van der Waals surface area contributed by atoms with Gasteiger partial charge in [0.1, 0.15) is 5.69 Å². The van der Waals surface area contributed by atoms with Gasteiger partial charge in [0.2, 0.25) is 0 Å². The van der Waals surface area contributed by atoms with Gasteiger partial charge < -0.3 is 9.52 Å². The standard InChI is InChI=1S/C14H10N2O3/c17-14(18)10-3-5-11(6-4-10)16-9-15-8-12(16)13-2-1-7-19-13/h1-9H,(H,17,18). The van der Waals surface area contributed by atoms with Crippen molar-refractivity contribution in [1.82, 2.24) is 9.55 Å². The molecule has 2 heterocycles. The summed E-state index contributed by atoms with van der Waals surface area (Å²) in [6.45, 7) is 0. The van der Waals surface area contributed by atoms with Crippen LogP contribution in [0.2, 0.25) is 0 Å². The van der Waals surface area contributed by atoms with Gasteiger partial charge >= 0.3 is 5.97 Å². The monoisotopic (exact) mass is 254 g/mol. The van der Waals surface area contributed by atoms with E-state index in [1.807, 2.05) is 10.6 Å². The van der Waals surface area contributed by atoms with Crippen LogP contribution in [0.1, 0.15) is 10.4 Å². The molecule has 1 N–H and O–H groups in total. The van der Waals surface area contributed by atoms with Gasteiger partial charge in [0.15, 0.2) is 5.76 Å². The molecule has 0 radical (unpaired) electrons. The Bertz CT molecular complexity index is 697. The largest absolute Gasteiger partial charge is 0.478 e. The van der Waals surface area contributed by atoms with E-state index in [-0.39, 0.29) is 5.56 Å². The van der Waals surface area contributed by atoms with E-state index >= 15 is 0 Å². The Morgan fingerprint density at radius 3 is 2.63 bits per heavy atom. The summed E-state index contributed by atoms with van der Waals surface area (Å²) in [5, 5.41) is 8.88. The third-order valence-corrected chi connectivity index (χ3v) is 2.80. The fourth-order valence-corrected chi connectivity index (χ4v) is 1.87. The number of furan rings is 1. The van der Waals surface area contributed by atoms with E-state index in [1.165, 1.54) is 0 Å². The van der Waals surface area contributed by atoms with Crippen LogP contribution in [0.4, 0.5) is 0 Å². The molecule has 94 valence electrons. The minimum atomic E-state index is -0.941. The molecule has 1 aromatic carbocycles. The normalized spacial score (nSPS) is 10.5. The van der Waals surface area contributed by atoms with Crippen molar-refractivity contribution in [2.75, 3.05) is 0 Å². The molecule has 19 heavy (non-hydrogen) atoms. The molecule has 0 aliphatic rings. The first-order chi connectivity index (χ1) is 9.25. The van der Waals surface area contributed by atoms with Crippen LogP contribution >= 0.6 is 0 Å². The molecule has 0 atom stereocenters. The van der Waals surface area contributed by atoms with Gasteiger partial charge in [-0.2, -0.15) is 0 Å². The SMILES string of the molecule is O=C(O)c1ccc(-n2cncc2-c2ccco2)cc1. The van der Waals surface area contributed by atoms with Crippen LogP contribution in [0.5, 0.6) is 0 Å². The second kappa shape index (κ2) is 4.45. The van der Waals surface area contributed by atoms with Crippen LogP contribution in [0, 0.1) is 0 Å². The molecule has 0 spiro atoms. The fraction of sp³-hybridized carbons (Fsp3) is 0. The van der Waals surface area contributed by atoms with Gasteiger partial charge in [-0.25, -0.2) is 9.78 Å². The number of carboxylic acid groups (broad SMARTS) is 1. The zero-order valence-electron chi connectivity index (χ0n) is 9.85. The minimum absolute atomic E-state index is 0.253. The second-order valence-electron chi connectivity index (χ2n) is 3.98. The van der Waals surface area contributed by atoms with E-state index in [2.05, 4.69) is 4.98 Å². The summed E-state index contributed by atoms with van der Waals surface area (Å²) in [7, 11) is 0. The summed E-state index contributed by atoms with van der Waals surface area (Å²) >= 11 is 0. The summed E-state index contributed by atoms with van der Waals surface area (Å²) in [5.74, 6) is -0.233. The molecule has 0 aliphatic heterocycles. The van der Waals surface area contributed by atoms with Gasteiger partial charge in [0.25, 0.3) is 0 Å². The highest BCUT2D eigenvalue weighted by molar-refractivity contribution is 5.87. The molecule has 0 saturated carbocycles. The average Bonchev–Trinajstić information content (AvgIpc) is 3.09. The molecule has 5 nitrogen and oxygen atoms in total. The highest BCUT2D eigenvalue weighted by atomic mass is 16.4. The molecule has 0 fully saturated rings. The molecule has 5 heteroatoms. The molecule has 0 saturated heterocycles. The maximum atomic E-state index is 10.8. The molecule has 0 bridgehead atoms. The first-order valence-electron chi connectivity index (χ1n) is 5.65. The predicted molar refractivity (Wildman–Crippen MR) is 68.2 cm³/mol. The number of hydrogen-bond donors (Lipinski definition) is 1. The molecule has 3 aromatic rings. The highest BCUT2D eigenvalue weighted by Crippen LogP contribution is 2.23. The first kappa shape index (κ1) is 11.3. The summed E-state index contributed by atoms with van der Waals surface area (Å²) in [5.41, 5.74) is 1.89. The van der Waals surface area contributed by atoms with Crippen molar-refractivity contribution in [3.8, 4) is 17.1 Å². The van der Waals surface area contributed by atoms with Gasteiger partial charge in [-0.3, -0.25) is 4.57 Å². The summed E-state index contributed by atoms with van der Waals surface area (Å²) < 4.78 is 7.18. The number of carboxylic acids is 1. The van der Waals surface area contributed by atoms with Gasteiger partial charge in [-0.15, -0.1) is 0 Å². The van der Waals surface area contributed by atoms with E-state index in [1.54, 1.807) is 49.1 Å². The van der Waals surface area contributed by atoms with Crippen LogP contribution in [-0.4, -0.2) is 20.6 Å². The Balaban J connectivity index is 2.03. The zero-order valence-corrected chi connectivity index (χ0v) is 9.85. The number of aromatic nitrogens is 2. The summed E-state index contributed by atoms with van der Waals surface area (Å²) in [4.78, 5) is 14.9. The van der Waals surface area contributed by atoms with Crippen LogP contribution in [0.25, 0.3) is 17.1 Å². The number of imidazole rings is 1. The maximum absolute atomic E-state index is 10.8. The number of aromatic carboxylic acids is 1. The van der Waals surface area contributed by atoms with Gasteiger partial charge in [0, 0.05) is 5.69 Å². The van der Waals surface area contributed by atoms with Gasteiger partial charge in [-0.05, 0) is 36.4 Å². The van der Waals surface area contributed by atoms with Gasteiger partial charge in [-0.1, -0.05) is 0 Å². The van der Waals surface area contributed by atoms with Crippen molar-refractivity contribution in [2.45, 2.75) is 0 Å². The van der Waals surface area contributed by atoms with Crippen LogP contribution < -0.4 is 0 Å². The van der Waals surface area contributed by atoms with Crippen LogP contribution in [0.15, 0.2) is 59.6 Å². The van der Waals surface area contributed by atoms with Crippen molar-refractivity contribution in [3.05, 3.63) is 60.7 Å². The maximum Gasteiger partial charge on any atom is 0.335 e. The molecule has 0 aliphatic carbocycles.